The van der Waals surface area contributed by atoms with Gasteiger partial charge in [0.25, 0.3) is 5.91 Å². The van der Waals surface area contributed by atoms with E-state index in [1.54, 1.807) is 34.7 Å². The summed E-state index contributed by atoms with van der Waals surface area (Å²) in [7, 11) is -5.85. The van der Waals surface area contributed by atoms with Crippen LogP contribution in [0.2, 0.25) is 0 Å². The highest BCUT2D eigenvalue weighted by atomic mass is 32.2. The quantitative estimate of drug-likeness (QED) is 0.566. The molecule has 178 valence electrons. The van der Waals surface area contributed by atoms with Gasteiger partial charge in [0, 0.05) is 52.5 Å². The predicted octanol–water partition coefficient (Wildman–Crippen LogP) is 0.807. The molecule has 1 aliphatic heterocycles. The highest BCUT2D eigenvalue weighted by molar-refractivity contribution is 7.89. The molecule has 0 radical (unpaired) electrons. The third kappa shape index (κ3) is 4.21. The van der Waals surface area contributed by atoms with Crippen molar-refractivity contribution in [2.24, 2.45) is 7.05 Å². The van der Waals surface area contributed by atoms with Crippen molar-refractivity contribution in [1.29, 1.82) is 0 Å². The van der Waals surface area contributed by atoms with Crippen LogP contribution < -0.4 is 0 Å². The van der Waals surface area contributed by atoms with Gasteiger partial charge in [-0.05, 0) is 19.9 Å². The smallest absolute Gasteiger partial charge is 0.270 e. The van der Waals surface area contributed by atoms with Gasteiger partial charge in [0.2, 0.25) is 20.0 Å². The summed E-state index contributed by atoms with van der Waals surface area (Å²) in [4.78, 5) is 14.7. The monoisotopic (exact) mass is 487 g/mol. The van der Waals surface area contributed by atoms with Crippen LogP contribution in [-0.2, 0) is 27.1 Å². The Balaban J connectivity index is 1.76. The molecule has 2 aromatic rings. The lowest BCUT2D eigenvalue weighted by molar-refractivity contribution is 0.0688. The molecule has 1 fully saturated rings. The Kier molecular flexibility index (Phi) is 6.84. The van der Waals surface area contributed by atoms with E-state index in [0.29, 0.717) is 18.8 Å². The summed E-state index contributed by atoms with van der Waals surface area (Å²) in [5.41, 5.74) is 0.532. The number of carbonyl (C=O) groups is 1. The third-order valence-corrected chi connectivity index (χ3v) is 9.79. The third-order valence-electron chi connectivity index (χ3n) is 5.63. The van der Waals surface area contributed by atoms with Gasteiger partial charge in [0.15, 0.2) is 5.76 Å². The van der Waals surface area contributed by atoms with Crippen molar-refractivity contribution in [3.63, 3.8) is 0 Å². The maximum atomic E-state index is 13.1. The van der Waals surface area contributed by atoms with E-state index in [2.05, 4.69) is 5.16 Å². The van der Waals surface area contributed by atoms with Crippen molar-refractivity contribution in [3.05, 3.63) is 29.4 Å². The molecule has 0 saturated carbocycles. The van der Waals surface area contributed by atoms with E-state index in [9.17, 15) is 21.6 Å². The number of sulfonamides is 2. The molecule has 13 heteroatoms. The number of hydrogen-bond acceptors (Lipinski definition) is 7. The van der Waals surface area contributed by atoms with Crippen LogP contribution >= 0.6 is 0 Å². The van der Waals surface area contributed by atoms with Crippen LogP contribution in [0.5, 0.6) is 0 Å². The second-order valence-electron chi connectivity index (χ2n) is 7.61. The molecule has 1 aliphatic rings. The van der Waals surface area contributed by atoms with Gasteiger partial charge in [-0.25, -0.2) is 16.8 Å². The topological polar surface area (TPSA) is 126 Å². The number of amides is 1. The Bertz CT molecular complexity index is 1180. The average Bonchev–Trinajstić information content (AvgIpc) is 3.30. The Labute approximate surface area is 188 Å². The summed E-state index contributed by atoms with van der Waals surface area (Å²) >= 11 is 0. The Hall–Kier alpha value is -2.22. The number of carbonyl (C=O) groups excluding carboxylic acids is 1. The number of aromatic nitrogens is 2. The van der Waals surface area contributed by atoms with Crippen molar-refractivity contribution >= 4 is 26.0 Å². The summed E-state index contributed by atoms with van der Waals surface area (Å²) in [5, 5.41) is 3.72. The summed E-state index contributed by atoms with van der Waals surface area (Å²) in [5.74, 6) is -0.116. The van der Waals surface area contributed by atoms with E-state index in [-0.39, 0.29) is 53.3 Å². The van der Waals surface area contributed by atoms with E-state index in [4.69, 9.17) is 4.52 Å². The van der Waals surface area contributed by atoms with Gasteiger partial charge in [-0.2, -0.15) is 8.61 Å². The van der Waals surface area contributed by atoms with Crippen molar-refractivity contribution in [1.82, 2.24) is 23.2 Å². The fourth-order valence-electron chi connectivity index (χ4n) is 3.87. The highest BCUT2D eigenvalue weighted by Gasteiger charge is 2.35. The summed E-state index contributed by atoms with van der Waals surface area (Å²) in [6, 6.07) is 1.38. The van der Waals surface area contributed by atoms with Crippen LogP contribution in [0.15, 0.2) is 26.6 Å². The first-order chi connectivity index (χ1) is 14.9. The molecule has 2 aromatic heterocycles. The molecule has 3 heterocycles. The minimum Gasteiger partial charge on any atom is -0.360 e. The number of hydrogen-bond donors (Lipinski definition) is 0. The van der Waals surface area contributed by atoms with Gasteiger partial charge in [-0.1, -0.05) is 19.0 Å². The number of piperazine rings is 1. The van der Waals surface area contributed by atoms with Gasteiger partial charge in [0.1, 0.15) is 21.2 Å². The minimum absolute atomic E-state index is 0.0611. The maximum Gasteiger partial charge on any atom is 0.270 e. The summed E-state index contributed by atoms with van der Waals surface area (Å²) in [6.07, 6.45) is 1.43. The van der Waals surface area contributed by atoms with Crippen molar-refractivity contribution in [2.45, 2.75) is 37.5 Å². The van der Waals surface area contributed by atoms with Crippen LogP contribution in [-0.4, -0.2) is 85.2 Å². The van der Waals surface area contributed by atoms with Crippen molar-refractivity contribution in [2.75, 3.05) is 39.3 Å². The average molecular weight is 488 g/mol. The van der Waals surface area contributed by atoms with Crippen LogP contribution in [0.25, 0.3) is 0 Å². The standard InChI is InChI=1S/C19H29N5O6S2/c1-6-23(7-2)31(26,27)16-12-17(21(5)13-16)19(25)22-8-10-24(11-9-22)32(28,29)18-14(3)20-30-15(18)4/h12-13H,6-11H2,1-5H3. The zero-order chi connectivity index (χ0) is 23.8. The van der Waals surface area contributed by atoms with E-state index < -0.39 is 20.0 Å². The Morgan fingerprint density at radius 1 is 1.09 bits per heavy atom. The Morgan fingerprint density at radius 2 is 1.69 bits per heavy atom. The van der Waals surface area contributed by atoms with Crippen LogP contribution in [0.1, 0.15) is 35.8 Å². The molecule has 32 heavy (non-hydrogen) atoms. The fourth-order valence-corrected chi connectivity index (χ4v) is 7.11. The lowest BCUT2D eigenvalue weighted by Crippen LogP contribution is -2.50. The molecule has 1 amide bonds. The molecular weight excluding hydrogens is 458 g/mol. The normalized spacial score (nSPS) is 16.1. The Morgan fingerprint density at radius 3 is 2.19 bits per heavy atom. The maximum absolute atomic E-state index is 13.1. The second-order valence-corrected chi connectivity index (χ2v) is 11.4. The van der Waals surface area contributed by atoms with Gasteiger partial charge >= 0.3 is 0 Å². The molecule has 0 bridgehead atoms. The predicted molar refractivity (Wildman–Crippen MR) is 116 cm³/mol. The molecule has 0 atom stereocenters. The SMILES string of the molecule is CCN(CC)S(=O)(=O)c1cc(C(=O)N2CCN(S(=O)(=O)c3c(C)noc3C)CC2)n(C)c1. The van der Waals surface area contributed by atoms with Gasteiger partial charge in [-0.3, -0.25) is 4.79 Å². The van der Waals surface area contributed by atoms with Crippen LogP contribution in [0.3, 0.4) is 0 Å². The van der Waals surface area contributed by atoms with Gasteiger partial charge in [-0.15, -0.1) is 0 Å². The molecule has 0 spiro atoms. The number of rotatable bonds is 7. The van der Waals surface area contributed by atoms with Crippen LogP contribution in [0.4, 0.5) is 0 Å². The first-order valence-corrected chi connectivity index (χ1v) is 13.2. The fraction of sp³-hybridized carbons (Fsp3) is 0.579. The largest absolute Gasteiger partial charge is 0.360 e. The first kappa shape index (κ1) is 24.4. The molecule has 0 aromatic carbocycles. The zero-order valence-electron chi connectivity index (χ0n) is 18.9. The van der Waals surface area contributed by atoms with E-state index in [1.807, 2.05) is 0 Å². The molecule has 1 saturated heterocycles. The highest BCUT2D eigenvalue weighted by Crippen LogP contribution is 2.25. The number of nitrogens with zero attached hydrogens (tertiary/aromatic N) is 5. The molecule has 0 aliphatic carbocycles. The molecule has 0 unspecified atom stereocenters. The molecule has 11 nitrogen and oxygen atoms in total. The second kappa shape index (κ2) is 8.96. The summed E-state index contributed by atoms with van der Waals surface area (Å²) in [6.45, 7) is 7.90. The van der Waals surface area contributed by atoms with Crippen LogP contribution in [0, 0.1) is 13.8 Å². The minimum atomic E-state index is -3.78. The zero-order valence-corrected chi connectivity index (χ0v) is 20.5. The molecular formula is C19H29N5O6S2. The van der Waals surface area contributed by atoms with E-state index in [0.717, 1.165) is 0 Å². The lowest BCUT2D eigenvalue weighted by Gasteiger charge is -2.33. The lowest BCUT2D eigenvalue weighted by atomic mass is 10.3. The van der Waals surface area contributed by atoms with Gasteiger partial charge in [0.05, 0.1) is 0 Å². The van der Waals surface area contributed by atoms with Gasteiger partial charge < -0.3 is 14.0 Å². The van der Waals surface area contributed by atoms with E-state index in [1.165, 1.54) is 30.3 Å². The first-order valence-electron chi connectivity index (χ1n) is 10.3. The van der Waals surface area contributed by atoms with Crippen molar-refractivity contribution < 1.29 is 26.2 Å². The molecule has 0 N–H and O–H groups in total. The van der Waals surface area contributed by atoms with E-state index >= 15 is 0 Å². The summed E-state index contributed by atoms with van der Waals surface area (Å²) < 4.78 is 60.6. The molecule has 3 rings (SSSR count). The van der Waals surface area contributed by atoms with Crippen molar-refractivity contribution in [3.8, 4) is 0 Å². The number of aryl methyl sites for hydroxylation is 3.